The van der Waals surface area contributed by atoms with Crippen molar-refractivity contribution >= 4 is 11.9 Å². The third-order valence-electron chi connectivity index (χ3n) is 2.49. The van der Waals surface area contributed by atoms with Gasteiger partial charge in [-0.05, 0) is 30.9 Å². The van der Waals surface area contributed by atoms with Crippen LogP contribution in [0.15, 0.2) is 18.3 Å². The zero-order valence-electron chi connectivity index (χ0n) is 10.6. The van der Waals surface area contributed by atoms with Gasteiger partial charge in [-0.3, -0.25) is 4.79 Å². The van der Waals surface area contributed by atoms with E-state index in [2.05, 4.69) is 24.1 Å². The van der Waals surface area contributed by atoms with Crippen LogP contribution < -0.4 is 5.32 Å². The summed E-state index contributed by atoms with van der Waals surface area (Å²) in [5, 5.41) is 11.5. The van der Waals surface area contributed by atoms with E-state index in [1.54, 1.807) is 0 Å². The number of nitrogens with zero attached hydrogens (tertiary/aromatic N) is 1. The fourth-order valence-electron chi connectivity index (χ4n) is 1.50. The maximum absolute atomic E-state index is 11.7. The summed E-state index contributed by atoms with van der Waals surface area (Å²) >= 11 is 0. The Morgan fingerprint density at radius 2 is 2.17 bits per heavy atom. The molecule has 1 heterocycles. The van der Waals surface area contributed by atoms with Gasteiger partial charge in [0.25, 0.3) is 5.91 Å². The van der Waals surface area contributed by atoms with Crippen LogP contribution in [0.3, 0.4) is 0 Å². The lowest BCUT2D eigenvalue weighted by Gasteiger charge is -2.07. The first-order valence-electron chi connectivity index (χ1n) is 5.98. The summed E-state index contributed by atoms with van der Waals surface area (Å²) < 4.78 is 0. The molecule has 0 aliphatic carbocycles. The lowest BCUT2D eigenvalue weighted by atomic mass is 10.1. The Morgan fingerprint density at radius 1 is 1.44 bits per heavy atom. The summed E-state index contributed by atoms with van der Waals surface area (Å²) in [5.41, 5.74) is 0.205. The number of aromatic nitrogens is 1. The Balaban J connectivity index is 2.51. The molecule has 0 saturated carbocycles. The summed E-state index contributed by atoms with van der Waals surface area (Å²) in [6.07, 6.45) is 3.30. The predicted octanol–water partition coefficient (Wildman–Crippen LogP) is 1.95. The number of carboxylic acid groups (broad SMARTS) is 1. The Bertz CT molecular complexity index is 430. The van der Waals surface area contributed by atoms with Gasteiger partial charge in [-0.1, -0.05) is 13.8 Å². The second-order valence-corrected chi connectivity index (χ2v) is 4.53. The molecule has 5 heteroatoms. The number of aromatic carboxylic acids is 1. The van der Waals surface area contributed by atoms with Gasteiger partial charge in [0.15, 0.2) is 0 Å². The van der Waals surface area contributed by atoms with E-state index in [9.17, 15) is 9.59 Å². The molecule has 1 aromatic rings. The Kier molecular flexibility index (Phi) is 5.30. The van der Waals surface area contributed by atoms with Gasteiger partial charge in [0.1, 0.15) is 5.69 Å². The molecule has 0 aliphatic heterocycles. The molecule has 1 rings (SSSR count). The van der Waals surface area contributed by atoms with Crippen molar-refractivity contribution in [3.8, 4) is 0 Å². The summed E-state index contributed by atoms with van der Waals surface area (Å²) in [6, 6.07) is 2.78. The summed E-state index contributed by atoms with van der Waals surface area (Å²) in [7, 11) is 0. The molecular weight excluding hydrogens is 232 g/mol. The molecule has 1 amide bonds. The number of carbonyl (C=O) groups is 2. The standard InChI is InChI=1S/C13H18N2O3/c1-9(2)4-3-6-15-12(16)10-5-7-14-11(8-10)13(17)18/h5,7-9H,3-4,6H2,1-2H3,(H,15,16)(H,17,18). The minimum Gasteiger partial charge on any atom is -0.477 e. The molecule has 0 spiro atoms. The highest BCUT2D eigenvalue weighted by atomic mass is 16.4. The number of amides is 1. The number of carboxylic acids is 1. The molecule has 2 N–H and O–H groups in total. The van der Waals surface area contributed by atoms with Gasteiger partial charge in [-0.2, -0.15) is 0 Å². The van der Waals surface area contributed by atoms with Crippen molar-refractivity contribution in [3.05, 3.63) is 29.6 Å². The second-order valence-electron chi connectivity index (χ2n) is 4.53. The topological polar surface area (TPSA) is 79.3 Å². The van der Waals surface area contributed by atoms with E-state index < -0.39 is 5.97 Å². The zero-order chi connectivity index (χ0) is 13.5. The van der Waals surface area contributed by atoms with Gasteiger partial charge in [-0.15, -0.1) is 0 Å². The van der Waals surface area contributed by atoms with E-state index in [1.807, 2.05) is 0 Å². The Hall–Kier alpha value is -1.91. The molecule has 0 unspecified atom stereocenters. The van der Waals surface area contributed by atoms with Gasteiger partial charge in [0.05, 0.1) is 0 Å². The van der Waals surface area contributed by atoms with Crippen LogP contribution in [0.4, 0.5) is 0 Å². The maximum Gasteiger partial charge on any atom is 0.354 e. The Morgan fingerprint density at radius 3 is 2.78 bits per heavy atom. The molecule has 98 valence electrons. The van der Waals surface area contributed by atoms with Crippen LogP contribution in [0.2, 0.25) is 0 Å². The van der Waals surface area contributed by atoms with Crippen LogP contribution in [-0.4, -0.2) is 28.5 Å². The van der Waals surface area contributed by atoms with Crippen molar-refractivity contribution < 1.29 is 14.7 Å². The van der Waals surface area contributed by atoms with Crippen molar-refractivity contribution in [1.29, 1.82) is 0 Å². The minimum absolute atomic E-state index is 0.121. The quantitative estimate of drug-likeness (QED) is 0.756. The average molecular weight is 250 g/mol. The number of hydrogen-bond donors (Lipinski definition) is 2. The van der Waals surface area contributed by atoms with Gasteiger partial charge in [-0.25, -0.2) is 9.78 Å². The summed E-state index contributed by atoms with van der Waals surface area (Å²) in [4.78, 5) is 26.1. The molecule has 0 atom stereocenters. The van der Waals surface area contributed by atoms with E-state index in [0.717, 1.165) is 12.8 Å². The summed E-state index contributed by atoms with van der Waals surface area (Å²) in [5.74, 6) is -0.783. The number of carbonyl (C=O) groups excluding carboxylic acids is 1. The lowest BCUT2D eigenvalue weighted by Crippen LogP contribution is -2.25. The fourth-order valence-corrected chi connectivity index (χ4v) is 1.50. The third kappa shape index (κ3) is 4.53. The third-order valence-corrected chi connectivity index (χ3v) is 2.49. The molecule has 0 saturated heterocycles. The highest BCUT2D eigenvalue weighted by Crippen LogP contribution is 2.04. The van der Waals surface area contributed by atoms with Crippen molar-refractivity contribution in [2.24, 2.45) is 5.92 Å². The van der Waals surface area contributed by atoms with E-state index >= 15 is 0 Å². The monoisotopic (exact) mass is 250 g/mol. The van der Waals surface area contributed by atoms with Crippen molar-refractivity contribution in [1.82, 2.24) is 10.3 Å². The number of rotatable bonds is 6. The fraction of sp³-hybridized carbons (Fsp3) is 0.462. The number of nitrogens with one attached hydrogen (secondary N) is 1. The number of hydrogen-bond acceptors (Lipinski definition) is 3. The highest BCUT2D eigenvalue weighted by Gasteiger charge is 2.10. The molecule has 0 radical (unpaired) electrons. The SMILES string of the molecule is CC(C)CCCNC(=O)c1ccnc(C(=O)O)c1. The zero-order valence-corrected chi connectivity index (χ0v) is 10.6. The lowest BCUT2D eigenvalue weighted by molar-refractivity contribution is 0.0690. The van der Waals surface area contributed by atoms with E-state index in [-0.39, 0.29) is 11.6 Å². The van der Waals surface area contributed by atoms with Crippen LogP contribution in [0, 0.1) is 5.92 Å². The highest BCUT2D eigenvalue weighted by molar-refractivity contribution is 5.96. The van der Waals surface area contributed by atoms with Crippen molar-refractivity contribution in [2.75, 3.05) is 6.54 Å². The molecule has 0 fully saturated rings. The maximum atomic E-state index is 11.7. The molecule has 5 nitrogen and oxygen atoms in total. The van der Waals surface area contributed by atoms with E-state index in [0.29, 0.717) is 18.0 Å². The van der Waals surface area contributed by atoms with Gasteiger partial charge in [0, 0.05) is 18.3 Å². The summed E-state index contributed by atoms with van der Waals surface area (Å²) in [6.45, 7) is 4.86. The minimum atomic E-state index is -1.13. The molecule has 0 bridgehead atoms. The van der Waals surface area contributed by atoms with Crippen LogP contribution in [0.25, 0.3) is 0 Å². The molecule has 0 aromatic carbocycles. The van der Waals surface area contributed by atoms with Crippen LogP contribution in [0.5, 0.6) is 0 Å². The molecular formula is C13H18N2O3. The molecule has 18 heavy (non-hydrogen) atoms. The van der Waals surface area contributed by atoms with Gasteiger partial charge in [0.2, 0.25) is 0 Å². The van der Waals surface area contributed by atoms with E-state index in [1.165, 1.54) is 18.3 Å². The van der Waals surface area contributed by atoms with Gasteiger partial charge >= 0.3 is 5.97 Å². The van der Waals surface area contributed by atoms with Gasteiger partial charge < -0.3 is 10.4 Å². The first-order valence-corrected chi connectivity index (χ1v) is 5.98. The van der Waals surface area contributed by atoms with Crippen LogP contribution in [-0.2, 0) is 0 Å². The van der Waals surface area contributed by atoms with Crippen LogP contribution >= 0.6 is 0 Å². The molecule has 1 aromatic heterocycles. The smallest absolute Gasteiger partial charge is 0.354 e. The largest absolute Gasteiger partial charge is 0.477 e. The normalized spacial score (nSPS) is 10.4. The predicted molar refractivity (Wildman–Crippen MR) is 67.6 cm³/mol. The van der Waals surface area contributed by atoms with Crippen LogP contribution in [0.1, 0.15) is 47.5 Å². The molecule has 0 aliphatic rings. The first kappa shape index (κ1) is 14.2. The Labute approximate surface area is 106 Å². The average Bonchev–Trinajstić information content (AvgIpc) is 2.34. The van der Waals surface area contributed by atoms with E-state index in [4.69, 9.17) is 5.11 Å². The van der Waals surface area contributed by atoms with Crippen molar-refractivity contribution in [3.63, 3.8) is 0 Å². The van der Waals surface area contributed by atoms with Crippen molar-refractivity contribution in [2.45, 2.75) is 26.7 Å². The number of pyridine rings is 1. The first-order chi connectivity index (χ1) is 8.50. The second kappa shape index (κ2) is 6.74.